The average Bonchev–Trinajstić information content (AvgIpc) is 2.72. The number of carbonyl (C=O) groups is 2. The van der Waals surface area contributed by atoms with Crippen molar-refractivity contribution in [1.82, 2.24) is 0 Å². The summed E-state index contributed by atoms with van der Waals surface area (Å²) in [7, 11) is 0. The molecule has 0 amide bonds. The molecule has 2 aromatic rings. The summed E-state index contributed by atoms with van der Waals surface area (Å²) in [4.78, 5) is 27.2. The van der Waals surface area contributed by atoms with E-state index in [-0.39, 0.29) is 33.2 Å². The second kappa shape index (κ2) is 8.98. The lowest BCUT2D eigenvalue weighted by Crippen LogP contribution is -2.23. The molecule has 0 fully saturated rings. The second-order valence-electron chi connectivity index (χ2n) is 14.3. The molecule has 3 rings (SSSR count). The van der Waals surface area contributed by atoms with Crippen molar-refractivity contribution in [3.05, 3.63) is 81.9 Å². The summed E-state index contributed by atoms with van der Waals surface area (Å²) < 4.78 is 0. The van der Waals surface area contributed by atoms with Gasteiger partial charge in [0.05, 0.1) is 0 Å². The Morgan fingerprint density at radius 3 is 1.00 bits per heavy atom. The molecule has 0 heterocycles. The van der Waals surface area contributed by atoms with Crippen LogP contribution in [0.1, 0.15) is 116 Å². The van der Waals surface area contributed by atoms with Gasteiger partial charge in [0.1, 0.15) is 0 Å². The fourth-order valence-corrected chi connectivity index (χ4v) is 4.80. The maximum Gasteiger partial charge on any atom is 0.187 e. The minimum atomic E-state index is -0.206. The first kappa shape index (κ1) is 27.8. The minimum absolute atomic E-state index is 0.0236. The average molecular weight is 485 g/mol. The van der Waals surface area contributed by atoms with E-state index in [0.29, 0.717) is 11.1 Å². The molecule has 0 radical (unpaired) electrons. The van der Waals surface area contributed by atoms with Crippen LogP contribution in [0.5, 0.6) is 0 Å². The van der Waals surface area contributed by atoms with Gasteiger partial charge in [0, 0.05) is 11.1 Å². The van der Waals surface area contributed by atoms with Crippen LogP contribution < -0.4 is 0 Å². The fraction of sp³-hybridized carbons (Fsp3) is 0.471. The lowest BCUT2D eigenvalue weighted by atomic mass is 9.72. The Kier molecular flexibility index (Phi) is 6.94. The number of allylic oxidation sites excluding steroid dienone is 4. The van der Waals surface area contributed by atoms with Crippen LogP contribution in [-0.4, -0.2) is 11.6 Å². The van der Waals surface area contributed by atoms with Gasteiger partial charge in [-0.05, 0) is 67.2 Å². The second-order valence-corrected chi connectivity index (χ2v) is 14.3. The lowest BCUT2D eigenvalue weighted by Gasteiger charge is -2.31. The van der Waals surface area contributed by atoms with E-state index in [2.05, 4.69) is 119 Å². The van der Waals surface area contributed by atoms with Crippen LogP contribution >= 0.6 is 0 Å². The molecule has 2 heteroatoms. The number of benzene rings is 2. The third-order valence-electron chi connectivity index (χ3n) is 7.05. The van der Waals surface area contributed by atoms with Crippen molar-refractivity contribution in [3.63, 3.8) is 0 Å². The smallest absolute Gasteiger partial charge is 0.187 e. The summed E-state index contributed by atoms with van der Waals surface area (Å²) in [6.45, 7) is 26.2. The SMILES string of the molecule is CC(C)(C)c1ccc(C2=C(c3ccc(C(C)(C)C)cc3C(C)(C)C)C(=O)C=CC2=O)c(C(C)(C)C)c1. The Bertz CT molecular complexity index is 1170. The van der Waals surface area contributed by atoms with Crippen molar-refractivity contribution < 1.29 is 9.59 Å². The lowest BCUT2D eigenvalue weighted by molar-refractivity contribution is -0.112. The number of ketones is 2. The molecule has 0 spiro atoms. The Balaban J connectivity index is 2.46. The third kappa shape index (κ3) is 5.48. The Morgan fingerprint density at radius 1 is 0.444 bits per heavy atom. The quantitative estimate of drug-likeness (QED) is 0.400. The van der Waals surface area contributed by atoms with Gasteiger partial charge in [-0.1, -0.05) is 119 Å². The largest absolute Gasteiger partial charge is 0.289 e. The molecule has 1 aliphatic rings. The van der Waals surface area contributed by atoms with Crippen molar-refractivity contribution in [2.75, 3.05) is 0 Å². The van der Waals surface area contributed by atoms with Gasteiger partial charge < -0.3 is 0 Å². The fourth-order valence-electron chi connectivity index (χ4n) is 4.80. The Hall–Kier alpha value is -2.74. The van der Waals surface area contributed by atoms with Crippen LogP contribution in [0, 0.1) is 0 Å². The van der Waals surface area contributed by atoms with Gasteiger partial charge in [-0.25, -0.2) is 0 Å². The zero-order valence-electron chi connectivity index (χ0n) is 24.4. The van der Waals surface area contributed by atoms with E-state index in [1.54, 1.807) is 0 Å². The Labute approximate surface area is 218 Å². The number of rotatable bonds is 2. The van der Waals surface area contributed by atoms with E-state index in [4.69, 9.17) is 0 Å². The van der Waals surface area contributed by atoms with Crippen LogP contribution in [0.3, 0.4) is 0 Å². The minimum Gasteiger partial charge on any atom is -0.289 e. The molecular formula is C34H44O2. The molecule has 0 bridgehead atoms. The van der Waals surface area contributed by atoms with Crippen LogP contribution in [0.4, 0.5) is 0 Å². The molecule has 0 aromatic heterocycles. The van der Waals surface area contributed by atoms with E-state index < -0.39 is 0 Å². The van der Waals surface area contributed by atoms with Gasteiger partial charge in [-0.3, -0.25) is 9.59 Å². The van der Waals surface area contributed by atoms with Crippen molar-refractivity contribution in [1.29, 1.82) is 0 Å². The molecule has 0 aliphatic heterocycles. The topological polar surface area (TPSA) is 34.1 Å². The molecule has 1 aliphatic carbocycles. The standard InChI is InChI=1S/C34H44O2/c1-31(2,3)21-13-15-23(25(19-21)33(7,8)9)29-27(35)17-18-28(36)30(29)24-16-14-22(32(4,5)6)20-26(24)34(10,11)12/h13-20H,1-12H3. The predicted molar refractivity (Wildman–Crippen MR) is 154 cm³/mol. The van der Waals surface area contributed by atoms with Gasteiger partial charge in [0.25, 0.3) is 0 Å². The molecule has 0 saturated carbocycles. The van der Waals surface area contributed by atoms with E-state index >= 15 is 0 Å². The third-order valence-corrected chi connectivity index (χ3v) is 7.05. The molecule has 0 atom stereocenters. The maximum absolute atomic E-state index is 13.6. The molecule has 2 nitrogen and oxygen atoms in total. The van der Waals surface area contributed by atoms with Gasteiger partial charge in [0.15, 0.2) is 11.6 Å². The number of hydrogen-bond acceptors (Lipinski definition) is 2. The number of hydrogen-bond donors (Lipinski definition) is 0. The Morgan fingerprint density at radius 2 is 0.750 bits per heavy atom. The van der Waals surface area contributed by atoms with Crippen LogP contribution in [0.2, 0.25) is 0 Å². The molecule has 192 valence electrons. The van der Waals surface area contributed by atoms with Crippen LogP contribution in [-0.2, 0) is 31.2 Å². The van der Waals surface area contributed by atoms with Gasteiger partial charge in [-0.15, -0.1) is 0 Å². The first-order chi connectivity index (χ1) is 16.2. The summed E-state index contributed by atoms with van der Waals surface area (Å²) in [5.74, 6) is -0.225. The van der Waals surface area contributed by atoms with Gasteiger partial charge in [-0.2, -0.15) is 0 Å². The molecule has 36 heavy (non-hydrogen) atoms. The van der Waals surface area contributed by atoms with Crippen molar-refractivity contribution in [2.24, 2.45) is 0 Å². The van der Waals surface area contributed by atoms with Gasteiger partial charge in [0.2, 0.25) is 0 Å². The normalized spacial score (nSPS) is 15.7. The predicted octanol–water partition coefficient (Wildman–Crippen LogP) is 8.50. The molecule has 0 saturated heterocycles. The first-order valence-electron chi connectivity index (χ1n) is 13.0. The maximum atomic E-state index is 13.6. The number of carbonyl (C=O) groups excluding carboxylic acids is 2. The van der Waals surface area contributed by atoms with E-state index in [1.807, 2.05) is 0 Å². The summed E-state index contributed by atoms with van der Waals surface area (Å²) >= 11 is 0. The summed E-state index contributed by atoms with van der Waals surface area (Å²) in [6.07, 6.45) is 2.87. The zero-order valence-corrected chi connectivity index (χ0v) is 24.4. The highest BCUT2D eigenvalue weighted by Gasteiger charge is 2.33. The van der Waals surface area contributed by atoms with Crippen molar-refractivity contribution >= 4 is 22.7 Å². The molecule has 2 aromatic carbocycles. The van der Waals surface area contributed by atoms with E-state index in [1.165, 1.54) is 23.3 Å². The molecule has 0 unspecified atom stereocenters. The first-order valence-corrected chi connectivity index (χ1v) is 13.0. The monoisotopic (exact) mass is 484 g/mol. The van der Waals surface area contributed by atoms with Crippen molar-refractivity contribution in [3.8, 4) is 0 Å². The van der Waals surface area contributed by atoms with Crippen molar-refractivity contribution in [2.45, 2.75) is 105 Å². The van der Waals surface area contributed by atoms with E-state index in [0.717, 1.165) is 22.3 Å². The van der Waals surface area contributed by atoms with Gasteiger partial charge >= 0.3 is 0 Å². The van der Waals surface area contributed by atoms with Crippen LogP contribution in [0.25, 0.3) is 11.1 Å². The highest BCUT2D eigenvalue weighted by molar-refractivity contribution is 6.48. The summed E-state index contributed by atoms with van der Waals surface area (Å²) in [5.41, 5.74) is 6.88. The molecule has 0 N–H and O–H groups in total. The summed E-state index contributed by atoms with van der Waals surface area (Å²) in [5, 5.41) is 0. The molecular weight excluding hydrogens is 440 g/mol. The van der Waals surface area contributed by atoms with E-state index in [9.17, 15) is 9.59 Å². The zero-order chi connectivity index (χ0) is 27.4. The summed E-state index contributed by atoms with van der Waals surface area (Å²) in [6, 6.07) is 12.8. The van der Waals surface area contributed by atoms with Crippen LogP contribution in [0.15, 0.2) is 48.6 Å². The highest BCUT2D eigenvalue weighted by atomic mass is 16.1. The highest BCUT2D eigenvalue weighted by Crippen LogP contribution is 2.42.